The molecule has 21 heavy (non-hydrogen) atoms. The van der Waals surface area contributed by atoms with E-state index < -0.39 is 25.7 Å². The Kier molecular flexibility index (Phi) is 4.19. The number of nitro groups is 1. The Morgan fingerprint density at radius 2 is 2.05 bits per heavy atom. The Bertz CT molecular complexity index is 818. The first kappa shape index (κ1) is 15.7. The molecule has 0 saturated carbocycles. The van der Waals surface area contributed by atoms with Crippen LogP contribution in [0.4, 0.5) is 5.82 Å². The highest BCUT2D eigenvalue weighted by Crippen LogP contribution is 2.27. The van der Waals surface area contributed by atoms with Gasteiger partial charge >= 0.3 is 5.82 Å². The molecule has 0 amide bonds. The molecule has 8 nitrogen and oxygen atoms in total. The molecule has 0 radical (unpaired) electrons. The lowest BCUT2D eigenvalue weighted by molar-refractivity contribution is -0.392. The molecule has 0 bridgehead atoms. The van der Waals surface area contributed by atoms with Gasteiger partial charge in [0.15, 0.2) is 0 Å². The summed E-state index contributed by atoms with van der Waals surface area (Å²) in [6, 6.07) is 4.86. The fourth-order valence-corrected chi connectivity index (χ4v) is 2.66. The summed E-state index contributed by atoms with van der Waals surface area (Å²) in [6.45, 7) is 0.00968. The zero-order chi connectivity index (χ0) is 15.8. The van der Waals surface area contributed by atoms with Gasteiger partial charge in [0.1, 0.15) is 0 Å². The predicted molar refractivity (Wildman–Crippen MR) is 75.8 cm³/mol. The molecule has 0 fully saturated rings. The van der Waals surface area contributed by atoms with Gasteiger partial charge in [-0.2, -0.15) is 4.68 Å². The second-order valence-corrected chi connectivity index (χ2v) is 6.34. The number of hydrogen-bond donors (Lipinski definition) is 1. The van der Waals surface area contributed by atoms with Crippen molar-refractivity contribution in [2.75, 3.05) is 0 Å². The molecule has 11 heteroatoms. The number of benzene rings is 1. The highest BCUT2D eigenvalue weighted by Gasteiger charge is 2.29. The second-order valence-electron chi connectivity index (χ2n) is 4.03. The predicted octanol–water partition coefficient (Wildman–Crippen LogP) is 1.79. The maximum absolute atomic E-state index is 11.3. The van der Waals surface area contributed by atoms with Crippen molar-refractivity contribution in [2.45, 2.75) is 11.4 Å². The van der Waals surface area contributed by atoms with E-state index in [2.05, 4.69) is 5.10 Å². The van der Waals surface area contributed by atoms with Crippen molar-refractivity contribution in [1.29, 1.82) is 0 Å². The van der Waals surface area contributed by atoms with Crippen LogP contribution in [0.5, 0.6) is 0 Å². The average molecular weight is 351 g/mol. The molecule has 0 aliphatic heterocycles. The number of nitrogens with zero attached hydrogens (tertiary/aromatic N) is 3. The Labute approximate surface area is 129 Å². The third-order valence-corrected chi connectivity index (χ3v) is 4.31. The summed E-state index contributed by atoms with van der Waals surface area (Å²) in [5.41, 5.74) is 0.530. The van der Waals surface area contributed by atoms with Gasteiger partial charge in [0.25, 0.3) is 0 Å². The third kappa shape index (κ3) is 3.32. The number of primary sulfonamides is 1. The van der Waals surface area contributed by atoms with E-state index in [1.807, 2.05) is 0 Å². The summed E-state index contributed by atoms with van der Waals surface area (Å²) < 4.78 is 23.7. The minimum Gasteiger partial charge on any atom is -0.358 e. The minimum atomic E-state index is -4.25. The number of sulfonamides is 1. The highest BCUT2D eigenvalue weighted by atomic mass is 35.5. The molecule has 112 valence electrons. The molecule has 0 unspecified atom stereocenters. The quantitative estimate of drug-likeness (QED) is 0.665. The van der Waals surface area contributed by atoms with Crippen LogP contribution in [0.15, 0.2) is 29.3 Å². The van der Waals surface area contributed by atoms with Crippen molar-refractivity contribution < 1.29 is 13.3 Å². The van der Waals surface area contributed by atoms with Crippen molar-refractivity contribution in [3.05, 3.63) is 50.1 Å². The summed E-state index contributed by atoms with van der Waals surface area (Å²) in [5.74, 6) is -0.837. The maximum atomic E-state index is 11.3. The third-order valence-electron chi connectivity index (χ3n) is 2.55. The van der Waals surface area contributed by atoms with E-state index in [9.17, 15) is 18.5 Å². The Morgan fingerprint density at radius 1 is 1.38 bits per heavy atom. The van der Waals surface area contributed by atoms with E-state index in [1.54, 1.807) is 18.2 Å². The van der Waals surface area contributed by atoms with Gasteiger partial charge in [0.2, 0.25) is 14.9 Å². The van der Waals surface area contributed by atoms with Crippen LogP contribution in [0.2, 0.25) is 10.0 Å². The van der Waals surface area contributed by atoms with Gasteiger partial charge in [-0.1, -0.05) is 35.3 Å². The largest absolute Gasteiger partial charge is 0.410 e. The first-order valence-electron chi connectivity index (χ1n) is 5.37. The van der Waals surface area contributed by atoms with E-state index >= 15 is 0 Å². The SMILES string of the molecule is NS(=O)(=O)c1cn(Cc2cccc(Cl)c2Cl)nc1[N+](=O)[O-]. The molecule has 0 aliphatic rings. The van der Waals surface area contributed by atoms with Crippen molar-refractivity contribution in [2.24, 2.45) is 5.14 Å². The highest BCUT2D eigenvalue weighted by molar-refractivity contribution is 7.89. The molecular formula is C10H8Cl2N4O4S. The first-order valence-corrected chi connectivity index (χ1v) is 7.68. The van der Waals surface area contributed by atoms with Crippen molar-refractivity contribution in [3.63, 3.8) is 0 Å². The van der Waals surface area contributed by atoms with E-state index in [0.29, 0.717) is 10.6 Å². The van der Waals surface area contributed by atoms with Crippen LogP contribution in [0.1, 0.15) is 5.56 Å². The van der Waals surface area contributed by atoms with Crippen molar-refractivity contribution >= 4 is 39.0 Å². The summed E-state index contributed by atoms with van der Waals surface area (Å²) in [5, 5.41) is 19.9. The fourth-order valence-electron chi connectivity index (χ4n) is 1.65. The Balaban J connectivity index is 2.47. The van der Waals surface area contributed by atoms with Crippen LogP contribution in [-0.2, 0) is 16.6 Å². The number of nitrogens with two attached hydrogens (primary N) is 1. The smallest absolute Gasteiger partial charge is 0.358 e. The standard InChI is InChI=1S/C10H8Cl2N4O4S/c11-7-3-1-2-6(9(7)12)4-15-5-8(21(13,19)20)10(14-15)16(17)18/h1-3,5H,4H2,(H2,13,19,20). The van der Waals surface area contributed by atoms with E-state index in [-0.39, 0.29) is 11.6 Å². The van der Waals surface area contributed by atoms with E-state index in [4.69, 9.17) is 28.3 Å². The van der Waals surface area contributed by atoms with E-state index in [0.717, 1.165) is 10.9 Å². The molecule has 0 aliphatic carbocycles. The van der Waals surface area contributed by atoms with Crippen molar-refractivity contribution in [1.82, 2.24) is 9.78 Å². The maximum Gasteiger partial charge on any atom is 0.410 e. The summed E-state index contributed by atoms with van der Waals surface area (Å²) in [4.78, 5) is 9.24. The molecule has 2 rings (SSSR count). The van der Waals surface area contributed by atoms with Crippen LogP contribution in [0, 0.1) is 10.1 Å². The Hall–Kier alpha value is -1.68. The molecule has 2 aromatic rings. The van der Waals surface area contributed by atoms with Gasteiger partial charge in [-0.15, -0.1) is 0 Å². The molecule has 1 aromatic heterocycles. The van der Waals surface area contributed by atoms with Crippen molar-refractivity contribution in [3.8, 4) is 0 Å². The summed E-state index contributed by atoms with van der Waals surface area (Å²) in [7, 11) is -4.25. The van der Waals surface area contributed by atoms with Gasteiger partial charge in [-0.05, 0) is 16.6 Å². The van der Waals surface area contributed by atoms with E-state index in [1.165, 1.54) is 0 Å². The molecule has 0 atom stereocenters. The number of hydrogen-bond acceptors (Lipinski definition) is 5. The minimum absolute atomic E-state index is 0.00968. The van der Waals surface area contributed by atoms with Crippen LogP contribution in [0.25, 0.3) is 0 Å². The normalized spacial score (nSPS) is 11.6. The van der Waals surface area contributed by atoms with Gasteiger partial charge in [0, 0.05) is 0 Å². The first-order chi connectivity index (χ1) is 9.70. The Morgan fingerprint density at radius 3 is 2.57 bits per heavy atom. The van der Waals surface area contributed by atoms with Gasteiger partial charge in [0.05, 0.1) is 27.9 Å². The van der Waals surface area contributed by atoms with Gasteiger partial charge < -0.3 is 10.1 Å². The fraction of sp³-hybridized carbons (Fsp3) is 0.100. The lowest BCUT2D eigenvalue weighted by atomic mass is 10.2. The zero-order valence-corrected chi connectivity index (χ0v) is 12.6. The van der Waals surface area contributed by atoms with Crippen LogP contribution in [-0.4, -0.2) is 23.1 Å². The van der Waals surface area contributed by atoms with Crippen LogP contribution < -0.4 is 5.14 Å². The monoisotopic (exact) mass is 350 g/mol. The number of aromatic nitrogens is 2. The average Bonchev–Trinajstić information content (AvgIpc) is 2.79. The molecule has 0 spiro atoms. The lowest BCUT2D eigenvalue weighted by Crippen LogP contribution is -2.13. The van der Waals surface area contributed by atoms with Crippen LogP contribution >= 0.6 is 23.2 Å². The molecule has 2 N–H and O–H groups in total. The van der Waals surface area contributed by atoms with Crippen LogP contribution in [0.3, 0.4) is 0 Å². The lowest BCUT2D eigenvalue weighted by Gasteiger charge is -2.03. The zero-order valence-electron chi connectivity index (χ0n) is 10.2. The van der Waals surface area contributed by atoms with Gasteiger partial charge in [-0.3, -0.25) is 0 Å². The summed E-state index contributed by atoms with van der Waals surface area (Å²) >= 11 is 11.8. The van der Waals surface area contributed by atoms with Gasteiger partial charge in [-0.25, -0.2) is 13.6 Å². The molecule has 0 saturated heterocycles. The number of halogens is 2. The second kappa shape index (κ2) is 5.60. The molecule has 1 heterocycles. The topological polar surface area (TPSA) is 121 Å². The summed E-state index contributed by atoms with van der Waals surface area (Å²) in [6.07, 6.45) is 0.977. The molecular weight excluding hydrogens is 343 g/mol. The molecule has 1 aromatic carbocycles. The number of rotatable bonds is 4.